The standard InChI is InChI=1S/C14H24N4O3S/c1-11(13(19)15-6-9-20-2)22-14-17-16-12(21-14)10-18-7-4-3-5-8-18/h11H,3-10H2,1-2H3,(H,15,19)/t11-/m0/s1. The molecule has 0 aliphatic carbocycles. The van der Waals surface area contributed by atoms with Gasteiger partial charge in [-0.3, -0.25) is 9.69 Å². The summed E-state index contributed by atoms with van der Waals surface area (Å²) < 4.78 is 10.5. The summed E-state index contributed by atoms with van der Waals surface area (Å²) in [5, 5.41) is 11.0. The number of carbonyl (C=O) groups excluding carboxylic acids is 1. The molecule has 1 aromatic rings. The number of piperidine rings is 1. The highest BCUT2D eigenvalue weighted by Gasteiger charge is 2.19. The van der Waals surface area contributed by atoms with Crippen molar-refractivity contribution in [2.45, 2.75) is 43.2 Å². The molecule has 2 rings (SSSR count). The zero-order chi connectivity index (χ0) is 15.8. The highest BCUT2D eigenvalue weighted by atomic mass is 32.2. The van der Waals surface area contributed by atoms with Crippen LogP contribution in [-0.4, -0.2) is 59.6 Å². The predicted molar refractivity (Wildman–Crippen MR) is 83.6 cm³/mol. The Morgan fingerprint density at radius 3 is 2.91 bits per heavy atom. The normalized spacial score (nSPS) is 17.4. The van der Waals surface area contributed by atoms with Crippen molar-refractivity contribution in [3.05, 3.63) is 5.89 Å². The molecule has 22 heavy (non-hydrogen) atoms. The fraction of sp³-hybridized carbons (Fsp3) is 0.786. The van der Waals surface area contributed by atoms with Crippen LogP contribution in [0.4, 0.5) is 0 Å². The highest BCUT2D eigenvalue weighted by Crippen LogP contribution is 2.22. The summed E-state index contributed by atoms with van der Waals surface area (Å²) in [6.45, 7) is 5.70. The molecule has 2 heterocycles. The Morgan fingerprint density at radius 2 is 2.18 bits per heavy atom. The molecule has 1 aliphatic rings. The lowest BCUT2D eigenvalue weighted by atomic mass is 10.1. The fourth-order valence-electron chi connectivity index (χ4n) is 2.28. The van der Waals surface area contributed by atoms with E-state index in [0.717, 1.165) is 13.1 Å². The quantitative estimate of drug-likeness (QED) is 0.569. The molecule has 8 heteroatoms. The van der Waals surface area contributed by atoms with Crippen LogP contribution in [0.3, 0.4) is 0 Å². The number of nitrogens with zero attached hydrogens (tertiary/aromatic N) is 3. The van der Waals surface area contributed by atoms with Crippen LogP contribution in [0, 0.1) is 0 Å². The van der Waals surface area contributed by atoms with Gasteiger partial charge >= 0.3 is 0 Å². The van der Waals surface area contributed by atoms with Crippen molar-refractivity contribution < 1.29 is 13.9 Å². The maximum atomic E-state index is 11.9. The summed E-state index contributed by atoms with van der Waals surface area (Å²) in [5.41, 5.74) is 0. The second-order valence-corrected chi connectivity index (χ2v) is 6.63. The number of hydrogen-bond donors (Lipinski definition) is 1. The summed E-state index contributed by atoms with van der Waals surface area (Å²) in [6.07, 6.45) is 3.76. The summed E-state index contributed by atoms with van der Waals surface area (Å²) in [5.74, 6) is 0.564. The Hall–Kier alpha value is -1.12. The second-order valence-electron chi connectivity index (χ2n) is 5.34. The number of methoxy groups -OCH3 is 1. The van der Waals surface area contributed by atoms with Crippen LogP contribution in [0.5, 0.6) is 0 Å². The third kappa shape index (κ3) is 5.58. The third-order valence-corrected chi connectivity index (χ3v) is 4.44. The molecular weight excluding hydrogens is 304 g/mol. The van der Waals surface area contributed by atoms with E-state index < -0.39 is 0 Å². The van der Waals surface area contributed by atoms with Gasteiger partial charge in [0.2, 0.25) is 11.8 Å². The number of amides is 1. The summed E-state index contributed by atoms with van der Waals surface area (Å²) in [7, 11) is 1.60. The molecule has 0 radical (unpaired) electrons. The first-order chi connectivity index (χ1) is 10.7. The molecule has 124 valence electrons. The predicted octanol–water partition coefficient (Wildman–Crippen LogP) is 1.30. The van der Waals surface area contributed by atoms with Crippen molar-refractivity contribution in [3.63, 3.8) is 0 Å². The van der Waals surface area contributed by atoms with Gasteiger partial charge in [0.1, 0.15) is 0 Å². The van der Waals surface area contributed by atoms with E-state index in [9.17, 15) is 4.79 Å². The van der Waals surface area contributed by atoms with E-state index in [1.807, 2.05) is 6.92 Å². The van der Waals surface area contributed by atoms with Crippen LogP contribution in [0.15, 0.2) is 9.64 Å². The van der Waals surface area contributed by atoms with Crippen molar-refractivity contribution in [1.29, 1.82) is 0 Å². The zero-order valence-corrected chi connectivity index (χ0v) is 14.0. The van der Waals surface area contributed by atoms with Gasteiger partial charge in [0, 0.05) is 13.7 Å². The molecule has 1 aromatic heterocycles. The van der Waals surface area contributed by atoms with Gasteiger partial charge in [0.05, 0.1) is 18.4 Å². The van der Waals surface area contributed by atoms with Crippen molar-refractivity contribution in [2.75, 3.05) is 33.4 Å². The van der Waals surface area contributed by atoms with Crippen LogP contribution in [0.2, 0.25) is 0 Å². The maximum Gasteiger partial charge on any atom is 0.277 e. The number of carbonyl (C=O) groups is 1. The molecule has 1 amide bonds. The molecular formula is C14H24N4O3S. The second kappa shape index (κ2) is 9.12. The van der Waals surface area contributed by atoms with Gasteiger partial charge < -0.3 is 14.5 Å². The highest BCUT2D eigenvalue weighted by molar-refractivity contribution is 8.00. The Morgan fingerprint density at radius 1 is 1.41 bits per heavy atom. The van der Waals surface area contributed by atoms with Gasteiger partial charge in [-0.25, -0.2) is 0 Å². The average Bonchev–Trinajstić information content (AvgIpc) is 2.95. The first-order valence-corrected chi connectivity index (χ1v) is 8.55. The Bertz CT molecular complexity index is 463. The first kappa shape index (κ1) is 17.2. The number of aromatic nitrogens is 2. The summed E-state index contributed by atoms with van der Waals surface area (Å²) in [6, 6.07) is 0. The van der Waals surface area contributed by atoms with E-state index in [0.29, 0.717) is 30.8 Å². The van der Waals surface area contributed by atoms with Gasteiger partial charge in [-0.2, -0.15) is 0 Å². The number of ether oxygens (including phenoxy) is 1. The van der Waals surface area contributed by atoms with Gasteiger partial charge in [-0.05, 0) is 32.9 Å². The van der Waals surface area contributed by atoms with Crippen molar-refractivity contribution >= 4 is 17.7 Å². The van der Waals surface area contributed by atoms with Gasteiger partial charge in [0.15, 0.2) is 0 Å². The number of thioether (sulfide) groups is 1. The van der Waals surface area contributed by atoms with E-state index >= 15 is 0 Å². The molecule has 0 bridgehead atoms. The molecule has 7 nitrogen and oxygen atoms in total. The van der Waals surface area contributed by atoms with Crippen LogP contribution in [0.1, 0.15) is 32.1 Å². The fourth-order valence-corrected chi connectivity index (χ4v) is 3.01. The lowest BCUT2D eigenvalue weighted by molar-refractivity contribution is -0.120. The van der Waals surface area contributed by atoms with Gasteiger partial charge in [-0.1, -0.05) is 18.2 Å². The largest absolute Gasteiger partial charge is 0.415 e. The smallest absolute Gasteiger partial charge is 0.277 e. The van der Waals surface area contributed by atoms with E-state index in [1.165, 1.54) is 31.0 Å². The molecule has 1 N–H and O–H groups in total. The molecule has 0 saturated carbocycles. The monoisotopic (exact) mass is 328 g/mol. The van der Waals surface area contributed by atoms with Crippen molar-refractivity contribution in [3.8, 4) is 0 Å². The summed E-state index contributed by atoms with van der Waals surface area (Å²) >= 11 is 1.28. The lowest BCUT2D eigenvalue weighted by Gasteiger charge is -2.24. The number of rotatable bonds is 8. The first-order valence-electron chi connectivity index (χ1n) is 7.67. The number of hydrogen-bond acceptors (Lipinski definition) is 7. The van der Waals surface area contributed by atoms with E-state index in [4.69, 9.17) is 9.15 Å². The van der Waals surface area contributed by atoms with Crippen LogP contribution in [0.25, 0.3) is 0 Å². The zero-order valence-electron chi connectivity index (χ0n) is 13.2. The SMILES string of the molecule is COCCNC(=O)[C@H](C)Sc1nnc(CN2CCCCC2)o1. The third-order valence-electron chi connectivity index (χ3n) is 3.51. The molecule has 0 spiro atoms. The Labute approximate surface area is 135 Å². The lowest BCUT2D eigenvalue weighted by Crippen LogP contribution is -2.33. The van der Waals surface area contributed by atoms with Gasteiger partial charge in [0.25, 0.3) is 5.22 Å². The average molecular weight is 328 g/mol. The summed E-state index contributed by atoms with van der Waals surface area (Å²) in [4.78, 5) is 14.2. The van der Waals surface area contributed by atoms with Crippen LogP contribution < -0.4 is 5.32 Å². The number of nitrogens with one attached hydrogen (secondary N) is 1. The molecule has 0 unspecified atom stereocenters. The molecule has 1 saturated heterocycles. The Kier molecular flexibility index (Phi) is 7.14. The van der Waals surface area contributed by atoms with E-state index in [1.54, 1.807) is 7.11 Å². The van der Waals surface area contributed by atoms with Crippen LogP contribution in [-0.2, 0) is 16.1 Å². The minimum absolute atomic E-state index is 0.0576. The topological polar surface area (TPSA) is 80.5 Å². The minimum atomic E-state index is -0.278. The minimum Gasteiger partial charge on any atom is -0.415 e. The molecule has 1 atom stereocenters. The molecule has 0 aromatic carbocycles. The molecule has 1 fully saturated rings. The van der Waals surface area contributed by atoms with E-state index in [2.05, 4.69) is 20.4 Å². The Balaban J connectivity index is 1.76. The van der Waals surface area contributed by atoms with Gasteiger partial charge in [-0.15, -0.1) is 10.2 Å². The number of likely N-dealkylation sites (tertiary alicyclic amines) is 1. The van der Waals surface area contributed by atoms with Crippen molar-refractivity contribution in [2.24, 2.45) is 0 Å². The molecule has 1 aliphatic heterocycles. The van der Waals surface area contributed by atoms with Crippen molar-refractivity contribution in [1.82, 2.24) is 20.4 Å². The van der Waals surface area contributed by atoms with Crippen LogP contribution >= 0.6 is 11.8 Å². The van der Waals surface area contributed by atoms with E-state index in [-0.39, 0.29) is 11.2 Å². The maximum absolute atomic E-state index is 11.9.